The van der Waals surface area contributed by atoms with E-state index in [1.807, 2.05) is 6.92 Å². The van der Waals surface area contributed by atoms with E-state index in [2.05, 4.69) is 10.6 Å². The Morgan fingerprint density at radius 1 is 1.04 bits per heavy atom. The Balaban J connectivity index is 1.86. The maximum atomic E-state index is 13.2. The number of carbonyl (C=O) groups excluding carboxylic acids is 2. The Bertz CT molecular complexity index is 799. The van der Waals surface area contributed by atoms with E-state index in [1.165, 1.54) is 18.2 Å². The summed E-state index contributed by atoms with van der Waals surface area (Å²) in [6.45, 7) is 2.72. The van der Waals surface area contributed by atoms with Gasteiger partial charge in [0.25, 0.3) is 11.8 Å². The minimum absolute atomic E-state index is 0.0636. The van der Waals surface area contributed by atoms with Gasteiger partial charge in [0.1, 0.15) is 11.6 Å². The molecule has 0 aromatic heterocycles. The quantitative estimate of drug-likeness (QED) is 0.641. The van der Waals surface area contributed by atoms with Gasteiger partial charge in [0.05, 0.1) is 18.7 Å². The van der Waals surface area contributed by atoms with Gasteiger partial charge in [0.15, 0.2) is 13.1 Å². The van der Waals surface area contributed by atoms with Gasteiger partial charge < -0.3 is 20.3 Å². The number of benzene rings is 2. The topological polar surface area (TPSA) is 71.9 Å². The summed E-state index contributed by atoms with van der Waals surface area (Å²) in [4.78, 5) is 25.2. The molecule has 0 aliphatic rings. The molecule has 6 nitrogen and oxygen atoms in total. The Morgan fingerprint density at radius 2 is 1.59 bits per heavy atom. The number of amides is 2. The van der Waals surface area contributed by atoms with Crippen molar-refractivity contribution >= 4 is 34.8 Å². The molecule has 144 valence electrons. The Hall–Kier alpha value is -2.64. The average Bonchev–Trinajstić information content (AvgIpc) is 2.64. The lowest BCUT2D eigenvalue weighted by Crippen LogP contribution is -3.13. The minimum Gasteiger partial charge on any atom is -0.497 e. The molecule has 0 aliphatic carbocycles. The predicted molar refractivity (Wildman–Crippen MR) is 103 cm³/mol. The van der Waals surface area contributed by atoms with Crippen molar-refractivity contribution in [2.75, 3.05) is 37.4 Å². The zero-order valence-electron chi connectivity index (χ0n) is 15.1. The lowest BCUT2D eigenvalue weighted by molar-refractivity contribution is -0.881. The highest BCUT2D eigenvalue weighted by molar-refractivity contribution is 6.31. The molecule has 2 amide bonds. The van der Waals surface area contributed by atoms with Crippen LogP contribution in [0.5, 0.6) is 5.75 Å². The fraction of sp³-hybridized carbons (Fsp3) is 0.263. The largest absolute Gasteiger partial charge is 0.497 e. The number of hydrogen-bond acceptors (Lipinski definition) is 3. The fourth-order valence-electron chi connectivity index (χ4n) is 2.43. The van der Waals surface area contributed by atoms with Gasteiger partial charge in [-0.05, 0) is 49.4 Å². The van der Waals surface area contributed by atoms with Gasteiger partial charge in [-0.15, -0.1) is 0 Å². The van der Waals surface area contributed by atoms with Crippen LogP contribution >= 0.6 is 11.6 Å². The van der Waals surface area contributed by atoms with Crippen LogP contribution in [0.2, 0.25) is 5.02 Å². The monoisotopic (exact) mass is 394 g/mol. The van der Waals surface area contributed by atoms with Crippen molar-refractivity contribution in [1.82, 2.24) is 0 Å². The highest BCUT2D eigenvalue weighted by atomic mass is 35.5. The number of hydrogen-bond donors (Lipinski definition) is 3. The third-order valence-electron chi connectivity index (χ3n) is 3.90. The molecule has 0 spiro atoms. The van der Waals surface area contributed by atoms with Gasteiger partial charge in [0, 0.05) is 11.4 Å². The molecule has 8 heteroatoms. The third-order valence-corrected chi connectivity index (χ3v) is 4.19. The van der Waals surface area contributed by atoms with E-state index in [-0.39, 0.29) is 29.9 Å². The second-order valence-electron chi connectivity index (χ2n) is 5.91. The lowest BCUT2D eigenvalue weighted by Gasteiger charge is -2.17. The highest BCUT2D eigenvalue weighted by Gasteiger charge is 2.17. The van der Waals surface area contributed by atoms with Crippen LogP contribution in [-0.4, -0.2) is 38.6 Å². The van der Waals surface area contributed by atoms with Crippen molar-refractivity contribution in [3.63, 3.8) is 0 Å². The van der Waals surface area contributed by atoms with E-state index in [4.69, 9.17) is 16.3 Å². The summed E-state index contributed by atoms with van der Waals surface area (Å²) in [7, 11) is 1.57. The van der Waals surface area contributed by atoms with Crippen molar-refractivity contribution in [2.24, 2.45) is 0 Å². The first-order valence-corrected chi connectivity index (χ1v) is 8.81. The molecule has 0 fully saturated rings. The van der Waals surface area contributed by atoms with Crippen LogP contribution in [0.1, 0.15) is 6.92 Å². The molecule has 2 rings (SSSR count). The number of rotatable bonds is 8. The van der Waals surface area contributed by atoms with Crippen molar-refractivity contribution in [2.45, 2.75) is 6.92 Å². The SMILES string of the molecule is CC[NH+](CC(=O)Nc1ccc(OC)cc1)CC(=O)Nc1ccc(F)c(Cl)c1. The molecule has 0 aliphatic heterocycles. The maximum absolute atomic E-state index is 13.2. The lowest BCUT2D eigenvalue weighted by atomic mass is 10.3. The zero-order chi connectivity index (χ0) is 19.8. The molecule has 2 aromatic rings. The summed E-state index contributed by atoms with van der Waals surface area (Å²) < 4.78 is 18.2. The van der Waals surface area contributed by atoms with Crippen LogP contribution in [0.25, 0.3) is 0 Å². The average molecular weight is 395 g/mol. The first kappa shape index (κ1) is 20.7. The van der Waals surface area contributed by atoms with Gasteiger partial charge >= 0.3 is 0 Å². The van der Waals surface area contributed by atoms with Gasteiger partial charge in [0.2, 0.25) is 0 Å². The molecule has 0 radical (unpaired) electrons. The van der Waals surface area contributed by atoms with Crippen LogP contribution in [0.4, 0.5) is 15.8 Å². The number of anilines is 2. The van der Waals surface area contributed by atoms with Crippen LogP contribution < -0.4 is 20.3 Å². The van der Waals surface area contributed by atoms with E-state index in [1.54, 1.807) is 31.4 Å². The molecule has 0 bridgehead atoms. The summed E-state index contributed by atoms with van der Waals surface area (Å²) in [5, 5.41) is 5.38. The van der Waals surface area contributed by atoms with E-state index in [9.17, 15) is 14.0 Å². The van der Waals surface area contributed by atoms with Crippen molar-refractivity contribution in [3.05, 3.63) is 53.3 Å². The molecule has 1 unspecified atom stereocenters. The summed E-state index contributed by atoms with van der Waals surface area (Å²) in [5.74, 6) is -0.335. The molecule has 0 saturated heterocycles. The van der Waals surface area contributed by atoms with Gasteiger partial charge in [-0.1, -0.05) is 11.6 Å². The summed E-state index contributed by atoms with van der Waals surface area (Å²) in [6, 6.07) is 11.0. The van der Waals surface area contributed by atoms with E-state index >= 15 is 0 Å². The van der Waals surface area contributed by atoms with Gasteiger partial charge in [-0.2, -0.15) is 0 Å². The van der Waals surface area contributed by atoms with E-state index < -0.39 is 5.82 Å². The molecular formula is C19H22ClFN3O3+. The Kier molecular flexibility index (Phi) is 7.57. The molecule has 3 N–H and O–H groups in total. The second kappa shape index (κ2) is 9.89. The minimum atomic E-state index is -0.550. The first-order valence-electron chi connectivity index (χ1n) is 8.43. The third kappa shape index (κ3) is 6.54. The van der Waals surface area contributed by atoms with Gasteiger partial charge in [-0.25, -0.2) is 4.39 Å². The first-order chi connectivity index (χ1) is 12.9. The number of methoxy groups -OCH3 is 1. The Labute approximate surface area is 162 Å². The van der Waals surface area contributed by atoms with Crippen LogP contribution in [0.15, 0.2) is 42.5 Å². The molecule has 0 saturated carbocycles. The van der Waals surface area contributed by atoms with Crippen molar-refractivity contribution in [3.8, 4) is 5.75 Å². The Morgan fingerprint density at radius 3 is 2.11 bits per heavy atom. The number of carbonyl (C=O) groups is 2. The fourth-order valence-corrected chi connectivity index (χ4v) is 2.61. The number of ether oxygens (including phenoxy) is 1. The number of likely N-dealkylation sites (N-methyl/N-ethyl adjacent to an activating group) is 1. The molecule has 2 aromatic carbocycles. The predicted octanol–water partition coefficient (Wildman–Crippen LogP) is 1.97. The molecule has 0 heterocycles. The summed E-state index contributed by atoms with van der Waals surface area (Å²) in [6.07, 6.45) is 0. The standard InChI is InChI=1S/C19H21ClFN3O3/c1-3-24(11-18(25)22-13-4-7-15(27-2)8-5-13)12-19(26)23-14-6-9-17(21)16(20)10-14/h4-10H,3,11-12H2,1-2H3,(H,22,25)(H,23,26)/p+1. The van der Waals surface area contributed by atoms with E-state index in [0.717, 1.165) is 4.90 Å². The molecule has 27 heavy (non-hydrogen) atoms. The maximum Gasteiger partial charge on any atom is 0.279 e. The van der Waals surface area contributed by atoms with Crippen molar-refractivity contribution in [1.29, 1.82) is 0 Å². The van der Waals surface area contributed by atoms with Crippen LogP contribution in [0, 0.1) is 5.82 Å². The highest BCUT2D eigenvalue weighted by Crippen LogP contribution is 2.19. The zero-order valence-corrected chi connectivity index (χ0v) is 15.9. The number of halogens is 2. The summed E-state index contributed by atoms with van der Waals surface area (Å²) >= 11 is 5.70. The van der Waals surface area contributed by atoms with Crippen molar-refractivity contribution < 1.29 is 23.6 Å². The number of nitrogens with one attached hydrogen (secondary N) is 3. The second-order valence-corrected chi connectivity index (χ2v) is 6.32. The number of quaternary nitrogens is 1. The summed E-state index contributed by atoms with van der Waals surface area (Å²) in [5.41, 5.74) is 1.06. The van der Waals surface area contributed by atoms with Gasteiger partial charge in [-0.3, -0.25) is 9.59 Å². The smallest absolute Gasteiger partial charge is 0.279 e. The van der Waals surface area contributed by atoms with Crippen LogP contribution in [-0.2, 0) is 9.59 Å². The molecule has 1 atom stereocenters. The molecular weight excluding hydrogens is 373 g/mol. The van der Waals surface area contributed by atoms with E-state index in [0.29, 0.717) is 23.7 Å². The van der Waals surface area contributed by atoms with Crippen LogP contribution in [0.3, 0.4) is 0 Å². The normalized spacial score (nSPS) is 11.6.